The van der Waals surface area contributed by atoms with Crippen molar-refractivity contribution in [3.63, 3.8) is 0 Å². The largest absolute Gasteiger partial charge is 0.463 e. The van der Waals surface area contributed by atoms with Crippen LogP contribution < -0.4 is 5.32 Å². The van der Waals surface area contributed by atoms with Gasteiger partial charge in [0.05, 0.1) is 6.61 Å². The molecule has 102 valence electrons. The van der Waals surface area contributed by atoms with E-state index in [1.165, 1.54) is 13.0 Å². The molecule has 0 aliphatic heterocycles. The van der Waals surface area contributed by atoms with Crippen molar-refractivity contribution in [2.45, 2.75) is 18.7 Å². The van der Waals surface area contributed by atoms with Crippen LogP contribution in [0.3, 0.4) is 0 Å². The third-order valence-electron chi connectivity index (χ3n) is 2.04. The fourth-order valence-electron chi connectivity index (χ4n) is 1.35. The first kappa shape index (κ1) is 15.3. The highest BCUT2D eigenvalue weighted by Crippen LogP contribution is 2.21. The number of carbonyl (C=O) groups is 2. The van der Waals surface area contributed by atoms with Gasteiger partial charge in [0.1, 0.15) is 0 Å². The SMILES string of the molecule is CCOC(=O)/C=C/CSc1cccc(NC(C)=O)c1. The minimum Gasteiger partial charge on any atom is -0.463 e. The smallest absolute Gasteiger partial charge is 0.330 e. The molecule has 0 heterocycles. The van der Waals surface area contributed by atoms with Crippen molar-refractivity contribution in [1.82, 2.24) is 0 Å². The minimum atomic E-state index is -0.324. The summed E-state index contributed by atoms with van der Waals surface area (Å²) in [5, 5.41) is 2.73. The summed E-state index contributed by atoms with van der Waals surface area (Å²) in [6.45, 7) is 3.63. The number of rotatable bonds is 6. The van der Waals surface area contributed by atoms with E-state index < -0.39 is 0 Å². The van der Waals surface area contributed by atoms with E-state index in [1.54, 1.807) is 24.8 Å². The molecule has 1 aromatic carbocycles. The molecule has 1 N–H and O–H groups in total. The predicted octanol–water partition coefficient (Wildman–Crippen LogP) is 2.86. The molecule has 19 heavy (non-hydrogen) atoms. The number of carbonyl (C=O) groups excluding carboxylic acids is 2. The Morgan fingerprint density at radius 1 is 1.42 bits per heavy atom. The van der Waals surface area contributed by atoms with Crippen LogP contribution in [-0.4, -0.2) is 24.2 Å². The summed E-state index contributed by atoms with van der Waals surface area (Å²) in [4.78, 5) is 23.0. The molecule has 4 nitrogen and oxygen atoms in total. The molecule has 0 radical (unpaired) electrons. The summed E-state index contributed by atoms with van der Waals surface area (Å²) < 4.78 is 4.77. The molecule has 0 aliphatic rings. The fraction of sp³-hybridized carbons (Fsp3) is 0.286. The second-order valence-corrected chi connectivity index (χ2v) is 4.77. The number of amides is 1. The van der Waals surface area contributed by atoms with E-state index in [9.17, 15) is 9.59 Å². The molecule has 0 fully saturated rings. The number of esters is 1. The molecular weight excluding hydrogens is 262 g/mol. The first-order valence-corrected chi connectivity index (χ1v) is 6.94. The van der Waals surface area contributed by atoms with Crippen molar-refractivity contribution >= 4 is 29.3 Å². The molecule has 0 saturated carbocycles. The number of thioether (sulfide) groups is 1. The molecule has 0 atom stereocenters. The van der Waals surface area contributed by atoms with Crippen LogP contribution in [-0.2, 0) is 14.3 Å². The summed E-state index contributed by atoms with van der Waals surface area (Å²) in [6, 6.07) is 7.56. The van der Waals surface area contributed by atoms with Gasteiger partial charge in [0.2, 0.25) is 5.91 Å². The zero-order valence-electron chi connectivity index (χ0n) is 11.0. The molecule has 0 aliphatic carbocycles. The average Bonchev–Trinajstić information content (AvgIpc) is 2.35. The monoisotopic (exact) mass is 279 g/mol. The van der Waals surface area contributed by atoms with Gasteiger partial charge in [-0.15, -0.1) is 11.8 Å². The third-order valence-corrected chi connectivity index (χ3v) is 2.99. The Morgan fingerprint density at radius 2 is 2.21 bits per heavy atom. The van der Waals surface area contributed by atoms with E-state index in [1.807, 2.05) is 24.3 Å². The maximum atomic E-state index is 11.1. The molecule has 0 saturated heterocycles. The van der Waals surface area contributed by atoms with Crippen LogP contribution in [0.15, 0.2) is 41.3 Å². The quantitative estimate of drug-likeness (QED) is 0.494. The topological polar surface area (TPSA) is 55.4 Å². The van der Waals surface area contributed by atoms with Gasteiger partial charge in [-0.3, -0.25) is 4.79 Å². The normalized spacial score (nSPS) is 10.4. The lowest BCUT2D eigenvalue weighted by Gasteiger charge is -2.04. The Bertz CT molecular complexity index is 472. The van der Waals surface area contributed by atoms with Gasteiger partial charge in [-0.05, 0) is 25.1 Å². The van der Waals surface area contributed by atoms with E-state index in [4.69, 9.17) is 4.74 Å². The maximum absolute atomic E-state index is 11.1. The van der Waals surface area contributed by atoms with Gasteiger partial charge in [-0.2, -0.15) is 0 Å². The highest BCUT2D eigenvalue weighted by Gasteiger charge is 1.98. The second-order valence-electron chi connectivity index (χ2n) is 3.67. The van der Waals surface area contributed by atoms with E-state index in [2.05, 4.69) is 5.32 Å². The van der Waals surface area contributed by atoms with Gasteiger partial charge in [-0.1, -0.05) is 12.1 Å². The number of benzene rings is 1. The third kappa shape index (κ3) is 6.67. The van der Waals surface area contributed by atoms with Crippen molar-refractivity contribution in [3.05, 3.63) is 36.4 Å². The summed E-state index contributed by atoms with van der Waals surface area (Å²) in [5.74, 6) is 0.252. The molecule has 0 aromatic heterocycles. The Kier molecular flexibility index (Phi) is 6.74. The lowest BCUT2D eigenvalue weighted by Crippen LogP contribution is -2.05. The van der Waals surface area contributed by atoms with Crippen LogP contribution in [0.2, 0.25) is 0 Å². The molecule has 1 amide bonds. The van der Waals surface area contributed by atoms with Crippen LogP contribution in [0.4, 0.5) is 5.69 Å². The van der Waals surface area contributed by atoms with E-state index in [-0.39, 0.29) is 11.9 Å². The molecule has 5 heteroatoms. The van der Waals surface area contributed by atoms with Crippen LogP contribution in [0, 0.1) is 0 Å². The molecular formula is C14H17NO3S. The van der Waals surface area contributed by atoms with Gasteiger partial charge < -0.3 is 10.1 Å². The van der Waals surface area contributed by atoms with Gasteiger partial charge in [-0.25, -0.2) is 4.79 Å². The van der Waals surface area contributed by atoms with Crippen molar-refractivity contribution in [3.8, 4) is 0 Å². The summed E-state index contributed by atoms with van der Waals surface area (Å²) in [7, 11) is 0. The van der Waals surface area contributed by atoms with Gasteiger partial charge in [0, 0.05) is 29.3 Å². The minimum absolute atomic E-state index is 0.0932. The second kappa shape index (κ2) is 8.37. The van der Waals surface area contributed by atoms with Crippen molar-refractivity contribution in [1.29, 1.82) is 0 Å². The van der Waals surface area contributed by atoms with Crippen molar-refractivity contribution in [2.24, 2.45) is 0 Å². The summed E-state index contributed by atoms with van der Waals surface area (Å²) in [6.07, 6.45) is 3.18. The van der Waals surface area contributed by atoms with Crippen molar-refractivity contribution in [2.75, 3.05) is 17.7 Å². The van der Waals surface area contributed by atoms with E-state index in [0.29, 0.717) is 12.4 Å². The number of hydrogen-bond acceptors (Lipinski definition) is 4. The molecule has 1 rings (SSSR count). The van der Waals surface area contributed by atoms with E-state index in [0.717, 1.165) is 10.6 Å². The first-order valence-electron chi connectivity index (χ1n) is 5.95. The lowest BCUT2D eigenvalue weighted by atomic mass is 10.3. The van der Waals surface area contributed by atoms with Gasteiger partial charge >= 0.3 is 5.97 Å². The number of hydrogen-bond donors (Lipinski definition) is 1. The molecule has 1 aromatic rings. The Labute approximate surface area is 117 Å². The number of nitrogens with one attached hydrogen (secondary N) is 1. The van der Waals surface area contributed by atoms with Crippen molar-refractivity contribution < 1.29 is 14.3 Å². The van der Waals surface area contributed by atoms with Crippen LogP contribution in [0.1, 0.15) is 13.8 Å². The Hall–Kier alpha value is -1.75. The predicted molar refractivity (Wildman–Crippen MR) is 77.2 cm³/mol. The molecule has 0 unspecified atom stereocenters. The van der Waals surface area contributed by atoms with Gasteiger partial charge in [0.25, 0.3) is 0 Å². The molecule has 0 bridgehead atoms. The fourth-order valence-corrected chi connectivity index (χ4v) is 2.12. The molecule has 0 spiro atoms. The zero-order chi connectivity index (χ0) is 14.1. The summed E-state index contributed by atoms with van der Waals surface area (Å²) in [5.41, 5.74) is 0.770. The highest BCUT2D eigenvalue weighted by molar-refractivity contribution is 7.99. The Balaban J connectivity index is 2.45. The average molecular weight is 279 g/mol. The maximum Gasteiger partial charge on any atom is 0.330 e. The van der Waals surface area contributed by atoms with Crippen LogP contribution >= 0.6 is 11.8 Å². The summed E-state index contributed by atoms with van der Waals surface area (Å²) >= 11 is 1.58. The highest BCUT2D eigenvalue weighted by atomic mass is 32.2. The zero-order valence-corrected chi connectivity index (χ0v) is 11.8. The van der Waals surface area contributed by atoms with Crippen LogP contribution in [0.25, 0.3) is 0 Å². The standard InChI is InChI=1S/C14H17NO3S/c1-3-18-14(17)8-5-9-19-13-7-4-6-12(10-13)15-11(2)16/h4-8,10H,3,9H2,1-2H3,(H,15,16)/b8-5+. The number of ether oxygens (including phenoxy) is 1. The lowest BCUT2D eigenvalue weighted by molar-refractivity contribution is -0.137. The van der Waals surface area contributed by atoms with Crippen LogP contribution in [0.5, 0.6) is 0 Å². The number of anilines is 1. The Morgan fingerprint density at radius 3 is 2.89 bits per heavy atom. The van der Waals surface area contributed by atoms with E-state index >= 15 is 0 Å². The van der Waals surface area contributed by atoms with Gasteiger partial charge in [0.15, 0.2) is 0 Å². The first-order chi connectivity index (χ1) is 9.11.